The molecular weight excluding hydrogens is 336 g/mol. The van der Waals surface area contributed by atoms with Gasteiger partial charge in [0.05, 0.1) is 0 Å². The standard InChI is InChI=1S/C17H19F2N3O.ClH/c18-17(19)23-15-5-1-3-13(9-15)12-22-8-7-21-11-16(22)14-4-2-6-20-10-14;/h1-6,9-10,16-17,21H,7-8,11-12H2;1H. The van der Waals surface area contributed by atoms with Crippen LogP contribution in [0.3, 0.4) is 0 Å². The third-order valence-electron chi connectivity index (χ3n) is 3.93. The Morgan fingerprint density at radius 1 is 1.29 bits per heavy atom. The minimum Gasteiger partial charge on any atom is -0.435 e. The van der Waals surface area contributed by atoms with Crippen LogP contribution in [-0.4, -0.2) is 36.1 Å². The highest BCUT2D eigenvalue weighted by Crippen LogP contribution is 2.25. The molecule has 1 fully saturated rings. The highest BCUT2D eigenvalue weighted by atomic mass is 35.5. The Morgan fingerprint density at radius 2 is 2.17 bits per heavy atom. The van der Waals surface area contributed by atoms with Crippen molar-refractivity contribution in [2.45, 2.75) is 19.2 Å². The molecule has 3 rings (SSSR count). The summed E-state index contributed by atoms with van der Waals surface area (Å²) in [5.41, 5.74) is 2.11. The van der Waals surface area contributed by atoms with Crippen molar-refractivity contribution in [1.29, 1.82) is 0 Å². The molecule has 0 aliphatic carbocycles. The number of piperazine rings is 1. The fourth-order valence-electron chi connectivity index (χ4n) is 2.89. The van der Waals surface area contributed by atoms with Gasteiger partial charge in [-0.3, -0.25) is 9.88 Å². The van der Waals surface area contributed by atoms with Gasteiger partial charge in [0.15, 0.2) is 0 Å². The van der Waals surface area contributed by atoms with E-state index in [-0.39, 0.29) is 24.2 Å². The molecular formula is C17H20ClF2N3O. The minimum atomic E-state index is -2.80. The smallest absolute Gasteiger partial charge is 0.387 e. The summed E-state index contributed by atoms with van der Waals surface area (Å²) < 4.78 is 29.2. The Kier molecular flexibility index (Phi) is 6.90. The Bertz CT molecular complexity index is 630. The highest BCUT2D eigenvalue weighted by molar-refractivity contribution is 5.85. The molecule has 1 aromatic carbocycles. The number of hydrogen-bond donors (Lipinski definition) is 1. The lowest BCUT2D eigenvalue weighted by Crippen LogP contribution is -2.45. The van der Waals surface area contributed by atoms with Crippen molar-refractivity contribution in [2.24, 2.45) is 0 Å². The van der Waals surface area contributed by atoms with Gasteiger partial charge < -0.3 is 10.1 Å². The Labute approximate surface area is 146 Å². The number of benzene rings is 1. The summed E-state index contributed by atoms with van der Waals surface area (Å²) in [4.78, 5) is 6.52. The first-order valence-corrected chi connectivity index (χ1v) is 7.61. The molecule has 0 spiro atoms. The largest absolute Gasteiger partial charge is 0.435 e. The summed E-state index contributed by atoms with van der Waals surface area (Å²) in [5.74, 6) is 0.200. The SMILES string of the molecule is Cl.FC(F)Oc1cccc(CN2CCNCC2c2cccnc2)c1. The molecule has 24 heavy (non-hydrogen) atoms. The number of rotatable bonds is 5. The van der Waals surface area contributed by atoms with Crippen LogP contribution in [0.1, 0.15) is 17.2 Å². The Morgan fingerprint density at radius 3 is 2.92 bits per heavy atom. The van der Waals surface area contributed by atoms with Gasteiger partial charge in [0.1, 0.15) is 5.75 Å². The summed E-state index contributed by atoms with van der Waals surface area (Å²) in [6.45, 7) is 0.525. The van der Waals surface area contributed by atoms with E-state index in [1.54, 1.807) is 24.4 Å². The third-order valence-corrected chi connectivity index (χ3v) is 3.93. The van der Waals surface area contributed by atoms with Gasteiger partial charge in [-0.25, -0.2) is 0 Å². The summed E-state index contributed by atoms with van der Waals surface area (Å²) in [7, 11) is 0. The second-order valence-corrected chi connectivity index (χ2v) is 5.50. The van der Waals surface area contributed by atoms with Crippen molar-refractivity contribution in [2.75, 3.05) is 19.6 Å². The number of nitrogens with one attached hydrogen (secondary N) is 1. The highest BCUT2D eigenvalue weighted by Gasteiger charge is 2.24. The van der Waals surface area contributed by atoms with Crippen LogP contribution in [0.4, 0.5) is 8.78 Å². The zero-order valence-electron chi connectivity index (χ0n) is 13.1. The summed E-state index contributed by atoms with van der Waals surface area (Å²) in [6, 6.07) is 11.1. The van der Waals surface area contributed by atoms with Crippen molar-refractivity contribution >= 4 is 12.4 Å². The third kappa shape index (κ3) is 4.87. The van der Waals surface area contributed by atoms with Crippen molar-refractivity contribution in [3.63, 3.8) is 0 Å². The lowest BCUT2D eigenvalue weighted by molar-refractivity contribution is -0.0499. The quantitative estimate of drug-likeness (QED) is 0.893. The lowest BCUT2D eigenvalue weighted by atomic mass is 10.0. The van der Waals surface area contributed by atoms with Gasteiger partial charge in [-0.05, 0) is 29.3 Å². The van der Waals surface area contributed by atoms with Gasteiger partial charge in [-0.2, -0.15) is 8.78 Å². The molecule has 130 valence electrons. The van der Waals surface area contributed by atoms with Gasteiger partial charge in [0.2, 0.25) is 0 Å². The maximum atomic E-state index is 12.3. The Hall–Kier alpha value is -1.76. The molecule has 4 nitrogen and oxygen atoms in total. The average molecular weight is 356 g/mol. The summed E-state index contributed by atoms with van der Waals surface area (Å²) in [5, 5.41) is 3.39. The monoisotopic (exact) mass is 355 g/mol. The molecule has 1 aromatic heterocycles. The second-order valence-electron chi connectivity index (χ2n) is 5.50. The van der Waals surface area contributed by atoms with E-state index in [2.05, 4.69) is 26.0 Å². The molecule has 1 saturated heterocycles. The van der Waals surface area contributed by atoms with Crippen LogP contribution in [0.25, 0.3) is 0 Å². The topological polar surface area (TPSA) is 37.4 Å². The molecule has 0 saturated carbocycles. The maximum absolute atomic E-state index is 12.3. The predicted octanol–water partition coefficient (Wildman–Crippen LogP) is 3.25. The van der Waals surface area contributed by atoms with Crippen molar-refractivity contribution < 1.29 is 13.5 Å². The second kappa shape index (κ2) is 8.92. The molecule has 2 aromatic rings. The van der Waals surface area contributed by atoms with Crippen LogP contribution in [-0.2, 0) is 6.54 Å². The first-order chi connectivity index (χ1) is 11.2. The molecule has 0 radical (unpaired) electrons. The van der Waals surface area contributed by atoms with Gasteiger partial charge >= 0.3 is 6.61 Å². The van der Waals surface area contributed by atoms with Crippen LogP contribution in [0.15, 0.2) is 48.8 Å². The normalized spacial score (nSPS) is 18.2. The van der Waals surface area contributed by atoms with Gasteiger partial charge in [0, 0.05) is 44.6 Å². The molecule has 1 aliphatic rings. The molecule has 2 heterocycles. The van der Waals surface area contributed by atoms with Crippen LogP contribution in [0.2, 0.25) is 0 Å². The first kappa shape index (κ1) is 18.6. The first-order valence-electron chi connectivity index (χ1n) is 7.61. The predicted molar refractivity (Wildman–Crippen MR) is 90.6 cm³/mol. The van der Waals surface area contributed by atoms with E-state index < -0.39 is 6.61 Å². The van der Waals surface area contributed by atoms with Crippen molar-refractivity contribution in [1.82, 2.24) is 15.2 Å². The number of pyridine rings is 1. The number of ether oxygens (including phenoxy) is 1. The van der Waals surface area contributed by atoms with E-state index in [1.807, 2.05) is 18.3 Å². The van der Waals surface area contributed by atoms with Crippen molar-refractivity contribution in [3.8, 4) is 5.75 Å². The molecule has 0 amide bonds. The molecule has 1 unspecified atom stereocenters. The van der Waals surface area contributed by atoms with Gasteiger partial charge in [-0.15, -0.1) is 12.4 Å². The van der Waals surface area contributed by atoms with Crippen LogP contribution in [0.5, 0.6) is 5.75 Å². The van der Waals surface area contributed by atoms with E-state index in [4.69, 9.17) is 0 Å². The van der Waals surface area contributed by atoms with Crippen LogP contribution < -0.4 is 10.1 Å². The van der Waals surface area contributed by atoms with Crippen molar-refractivity contribution in [3.05, 3.63) is 59.9 Å². The Balaban J connectivity index is 0.00000208. The summed E-state index contributed by atoms with van der Waals surface area (Å²) in [6.07, 6.45) is 3.64. The van der Waals surface area contributed by atoms with E-state index in [1.165, 1.54) is 0 Å². The maximum Gasteiger partial charge on any atom is 0.387 e. The van der Waals surface area contributed by atoms with Gasteiger partial charge in [0.25, 0.3) is 0 Å². The average Bonchev–Trinajstić information content (AvgIpc) is 2.56. The number of nitrogens with zero attached hydrogens (tertiary/aromatic N) is 2. The van der Waals surface area contributed by atoms with E-state index in [0.717, 1.165) is 30.8 Å². The number of hydrogen-bond acceptors (Lipinski definition) is 4. The molecule has 1 N–H and O–H groups in total. The molecule has 7 heteroatoms. The van der Waals surface area contributed by atoms with Crippen LogP contribution in [0, 0.1) is 0 Å². The number of halogens is 3. The molecule has 1 aliphatic heterocycles. The fourth-order valence-corrected chi connectivity index (χ4v) is 2.89. The van der Waals surface area contributed by atoms with E-state index in [9.17, 15) is 8.78 Å². The van der Waals surface area contributed by atoms with Gasteiger partial charge in [-0.1, -0.05) is 18.2 Å². The number of alkyl halides is 2. The zero-order chi connectivity index (χ0) is 16.1. The minimum absolute atomic E-state index is 0. The van der Waals surface area contributed by atoms with Crippen LogP contribution >= 0.6 is 12.4 Å². The summed E-state index contributed by atoms with van der Waals surface area (Å²) >= 11 is 0. The van der Waals surface area contributed by atoms with E-state index in [0.29, 0.717) is 6.54 Å². The molecule has 1 atom stereocenters. The zero-order valence-corrected chi connectivity index (χ0v) is 13.9. The molecule has 0 bridgehead atoms. The number of aromatic nitrogens is 1. The lowest BCUT2D eigenvalue weighted by Gasteiger charge is -2.36. The fraction of sp³-hybridized carbons (Fsp3) is 0.353. The van der Waals surface area contributed by atoms with E-state index >= 15 is 0 Å².